The molecule has 0 saturated carbocycles. The fourth-order valence-electron chi connectivity index (χ4n) is 4.23. The van der Waals surface area contributed by atoms with Crippen LogP contribution in [-0.4, -0.2) is 33.4 Å². The maximum absolute atomic E-state index is 13.4. The molecule has 4 aromatic rings. The van der Waals surface area contributed by atoms with Crippen LogP contribution in [0.1, 0.15) is 34.3 Å². The molecule has 6 heteroatoms. The van der Waals surface area contributed by atoms with Gasteiger partial charge in [0.25, 0.3) is 11.5 Å². The third-order valence-corrected chi connectivity index (χ3v) is 7.07. The van der Waals surface area contributed by atoms with Gasteiger partial charge in [-0.2, -0.15) is 0 Å². The quantitative estimate of drug-likeness (QED) is 0.306. The standard InChI is InChI=1S/C27H25N3O2S/c1-19-8-2-5-11-24(19)30-26(32)22-9-3-4-10-23(22)28-27(30)33-18-20-12-14-21(15-13-20)25(31)29-16-6-7-17-29/h2-5,8-15H,6-7,16-18H2,1H3. The van der Waals surface area contributed by atoms with Crippen LogP contribution in [0.15, 0.2) is 82.7 Å². The van der Waals surface area contributed by atoms with Crippen LogP contribution in [0.3, 0.4) is 0 Å². The third-order valence-electron chi connectivity index (χ3n) is 6.06. The van der Waals surface area contributed by atoms with Crippen LogP contribution in [0.5, 0.6) is 0 Å². The summed E-state index contributed by atoms with van der Waals surface area (Å²) in [6.07, 6.45) is 2.17. The normalized spacial score (nSPS) is 13.5. The van der Waals surface area contributed by atoms with Crippen LogP contribution in [0.25, 0.3) is 16.6 Å². The highest BCUT2D eigenvalue weighted by Crippen LogP contribution is 2.26. The summed E-state index contributed by atoms with van der Waals surface area (Å²) in [6, 6.07) is 23.1. The Morgan fingerprint density at radius 3 is 2.39 bits per heavy atom. The number of thioether (sulfide) groups is 1. The summed E-state index contributed by atoms with van der Waals surface area (Å²) in [5.41, 5.74) is 4.30. The molecule has 5 rings (SSSR count). The summed E-state index contributed by atoms with van der Waals surface area (Å²) in [5, 5.41) is 1.26. The predicted molar refractivity (Wildman–Crippen MR) is 133 cm³/mol. The monoisotopic (exact) mass is 455 g/mol. The molecule has 2 heterocycles. The number of aryl methyl sites for hydroxylation is 1. The second kappa shape index (κ2) is 9.24. The Bertz CT molecular complexity index is 1370. The van der Waals surface area contributed by atoms with E-state index in [4.69, 9.17) is 4.98 Å². The number of hydrogen-bond acceptors (Lipinski definition) is 4. The lowest BCUT2D eigenvalue weighted by atomic mass is 10.1. The second-order valence-corrected chi connectivity index (χ2v) is 9.27. The van der Waals surface area contributed by atoms with E-state index in [1.807, 2.05) is 84.6 Å². The Labute approximate surface area is 197 Å². The van der Waals surface area contributed by atoms with Gasteiger partial charge in [-0.25, -0.2) is 4.98 Å². The lowest BCUT2D eigenvalue weighted by Gasteiger charge is -2.16. The summed E-state index contributed by atoms with van der Waals surface area (Å²) in [6.45, 7) is 3.70. The van der Waals surface area contributed by atoms with E-state index in [1.165, 1.54) is 11.8 Å². The number of rotatable bonds is 5. The Morgan fingerprint density at radius 2 is 1.64 bits per heavy atom. The van der Waals surface area contributed by atoms with Crippen molar-refractivity contribution in [2.45, 2.75) is 30.7 Å². The number of hydrogen-bond donors (Lipinski definition) is 0. The third kappa shape index (κ3) is 4.31. The van der Waals surface area contributed by atoms with E-state index >= 15 is 0 Å². The maximum atomic E-state index is 13.4. The van der Waals surface area contributed by atoms with Crippen molar-refractivity contribution in [3.8, 4) is 5.69 Å². The Hall–Kier alpha value is -3.38. The van der Waals surface area contributed by atoms with Crippen LogP contribution in [0.2, 0.25) is 0 Å². The van der Waals surface area contributed by atoms with Gasteiger partial charge in [0.2, 0.25) is 0 Å². The van der Waals surface area contributed by atoms with Gasteiger partial charge in [-0.05, 0) is 61.2 Å². The molecule has 0 N–H and O–H groups in total. The highest BCUT2D eigenvalue weighted by Gasteiger charge is 2.19. The first-order valence-electron chi connectivity index (χ1n) is 11.2. The fourth-order valence-corrected chi connectivity index (χ4v) is 5.19. The van der Waals surface area contributed by atoms with Gasteiger partial charge < -0.3 is 4.90 Å². The summed E-state index contributed by atoms with van der Waals surface area (Å²) in [4.78, 5) is 32.8. The largest absolute Gasteiger partial charge is 0.339 e. The second-order valence-electron chi connectivity index (χ2n) is 8.32. The molecule has 1 amide bonds. The molecule has 33 heavy (non-hydrogen) atoms. The molecule has 1 saturated heterocycles. The lowest BCUT2D eigenvalue weighted by molar-refractivity contribution is 0.0793. The SMILES string of the molecule is Cc1ccccc1-n1c(SCc2ccc(C(=O)N3CCCC3)cc2)nc2ccccc2c1=O. The van der Waals surface area contributed by atoms with Gasteiger partial charge in [0.1, 0.15) is 0 Å². The zero-order chi connectivity index (χ0) is 22.8. The molecular weight excluding hydrogens is 430 g/mol. The molecule has 1 fully saturated rings. The van der Waals surface area contributed by atoms with Crippen LogP contribution >= 0.6 is 11.8 Å². The molecule has 166 valence electrons. The predicted octanol–water partition coefficient (Wildman–Crippen LogP) is 5.22. The Morgan fingerprint density at radius 1 is 0.939 bits per heavy atom. The van der Waals surface area contributed by atoms with Gasteiger partial charge in [-0.3, -0.25) is 14.2 Å². The molecule has 1 aliphatic heterocycles. The zero-order valence-corrected chi connectivity index (χ0v) is 19.3. The molecule has 0 aliphatic carbocycles. The van der Waals surface area contributed by atoms with E-state index < -0.39 is 0 Å². The topological polar surface area (TPSA) is 55.2 Å². The number of fused-ring (bicyclic) bond motifs is 1. The van der Waals surface area contributed by atoms with Crippen molar-refractivity contribution < 1.29 is 4.79 Å². The number of para-hydroxylation sites is 2. The smallest absolute Gasteiger partial charge is 0.266 e. The van der Waals surface area contributed by atoms with Crippen LogP contribution in [0.4, 0.5) is 0 Å². The number of amides is 1. The van der Waals surface area contributed by atoms with E-state index in [0.29, 0.717) is 21.8 Å². The summed E-state index contributed by atoms with van der Waals surface area (Å²) < 4.78 is 1.72. The molecule has 0 radical (unpaired) electrons. The molecule has 0 bridgehead atoms. The van der Waals surface area contributed by atoms with Crippen molar-refractivity contribution in [1.82, 2.24) is 14.5 Å². The minimum absolute atomic E-state index is 0.0658. The molecule has 3 aromatic carbocycles. The molecule has 0 unspecified atom stereocenters. The summed E-state index contributed by atoms with van der Waals surface area (Å²) >= 11 is 1.53. The van der Waals surface area contributed by atoms with Crippen LogP contribution in [0, 0.1) is 6.92 Å². The van der Waals surface area contributed by atoms with Gasteiger partial charge in [0.05, 0.1) is 16.6 Å². The van der Waals surface area contributed by atoms with Crippen molar-refractivity contribution in [3.63, 3.8) is 0 Å². The Kier molecular flexibility index (Phi) is 6.01. The van der Waals surface area contributed by atoms with E-state index in [-0.39, 0.29) is 11.5 Å². The molecular formula is C27H25N3O2S. The van der Waals surface area contributed by atoms with Crippen molar-refractivity contribution in [2.75, 3.05) is 13.1 Å². The van der Waals surface area contributed by atoms with Crippen LogP contribution in [-0.2, 0) is 5.75 Å². The number of nitrogens with zero attached hydrogens (tertiary/aromatic N) is 3. The number of likely N-dealkylation sites (tertiary alicyclic amines) is 1. The van der Waals surface area contributed by atoms with Crippen LogP contribution < -0.4 is 5.56 Å². The van der Waals surface area contributed by atoms with Gasteiger partial charge in [-0.15, -0.1) is 0 Å². The number of aromatic nitrogens is 2. The van der Waals surface area contributed by atoms with Crippen molar-refractivity contribution in [2.24, 2.45) is 0 Å². The van der Waals surface area contributed by atoms with E-state index in [0.717, 1.165) is 48.3 Å². The van der Waals surface area contributed by atoms with Gasteiger partial charge >= 0.3 is 0 Å². The Balaban J connectivity index is 1.45. The average Bonchev–Trinajstić information content (AvgIpc) is 3.39. The molecule has 1 aliphatic rings. The van der Waals surface area contributed by atoms with Gasteiger partial charge in [-0.1, -0.05) is 54.2 Å². The fraction of sp³-hybridized carbons (Fsp3) is 0.222. The van der Waals surface area contributed by atoms with Crippen molar-refractivity contribution in [3.05, 3.63) is 99.8 Å². The maximum Gasteiger partial charge on any atom is 0.266 e. The first-order chi connectivity index (χ1) is 16.1. The van der Waals surface area contributed by atoms with E-state index in [9.17, 15) is 9.59 Å². The van der Waals surface area contributed by atoms with Crippen molar-refractivity contribution >= 4 is 28.6 Å². The minimum atomic E-state index is -0.0658. The highest BCUT2D eigenvalue weighted by molar-refractivity contribution is 7.98. The number of benzene rings is 3. The van der Waals surface area contributed by atoms with Gasteiger partial charge in [0.15, 0.2) is 5.16 Å². The van der Waals surface area contributed by atoms with Crippen molar-refractivity contribution in [1.29, 1.82) is 0 Å². The summed E-state index contributed by atoms with van der Waals surface area (Å²) in [5.74, 6) is 0.755. The first-order valence-corrected chi connectivity index (χ1v) is 12.2. The first kappa shape index (κ1) is 21.5. The molecule has 5 nitrogen and oxygen atoms in total. The highest BCUT2D eigenvalue weighted by atomic mass is 32.2. The lowest BCUT2D eigenvalue weighted by Crippen LogP contribution is -2.27. The molecule has 1 aromatic heterocycles. The molecule has 0 spiro atoms. The summed E-state index contributed by atoms with van der Waals surface area (Å²) in [7, 11) is 0. The van der Waals surface area contributed by atoms with Gasteiger partial charge in [0, 0.05) is 24.4 Å². The number of carbonyl (C=O) groups excluding carboxylic acids is 1. The number of carbonyl (C=O) groups is 1. The zero-order valence-electron chi connectivity index (χ0n) is 18.5. The molecule has 0 atom stereocenters. The van der Waals surface area contributed by atoms with E-state index in [1.54, 1.807) is 4.57 Å². The average molecular weight is 456 g/mol. The van der Waals surface area contributed by atoms with E-state index in [2.05, 4.69) is 0 Å². The minimum Gasteiger partial charge on any atom is -0.339 e.